The maximum absolute atomic E-state index is 15.1. The zero-order valence-electron chi connectivity index (χ0n) is 21.6. The number of hydrogen-bond donors (Lipinski definition) is 2. The van der Waals surface area contributed by atoms with Crippen molar-refractivity contribution >= 4 is 17.3 Å². The van der Waals surface area contributed by atoms with Gasteiger partial charge in [0.1, 0.15) is 11.3 Å². The third-order valence-corrected chi connectivity index (χ3v) is 6.14. The fourth-order valence-corrected chi connectivity index (χ4v) is 4.18. The number of nitrogens with zero attached hydrogens (tertiary/aromatic N) is 5. The standard InChI is InChI=1S/C28H19F2N7O5/c1-35-14-17(12-33-35)16-10-24(22-8-9-32-36(22)15-16)41-23-7-4-19(11-21(23)30)34-28(40)42-25-13-31-27(39)37(26(25)38)20-5-2-18(29)3-6-20/h2-15H,1H3,(H,31,39)(H,34,40). The van der Waals surface area contributed by atoms with Gasteiger partial charge in [-0.05, 0) is 48.5 Å². The first-order valence-corrected chi connectivity index (χ1v) is 12.3. The van der Waals surface area contributed by atoms with E-state index in [9.17, 15) is 18.8 Å². The van der Waals surface area contributed by atoms with E-state index in [-0.39, 0.29) is 17.1 Å². The highest BCUT2D eigenvalue weighted by Crippen LogP contribution is 2.33. The van der Waals surface area contributed by atoms with Gasteiger partial charge in [-0.3, -0.25) is 14.8 Å². The molecule has 2 N–H and O–H groups in total. The SMILES string of the molecule is Cn1cc(-c2cc(Oc3ccc(NC(=O)Oc4c[nH]c(=O)n(-c5ccc(F)cc5)c4=O)cc3F)c3ccnn3c2)cn1. The van der Waals surface area contributed by atoms with E-state index in [4.69, 9.17) is 9.47 Å². The molecule has 0 fully saturated rings. The topological polar surface area (TPSA) is 138 Å². The Morgan fingerprint density at radius 2 is 1.74 bits per heavy atom. The number of nitrogens with one attached hydrogen (secondary N) is 2. The number of carbonyl (C=O) groups excluding carboxylic acids is 1. The van der Waals surface area contributed by atoms with Gasteiger partial charge in [-0.25, -0.2) is 27.5 Å². The van der Waals surface area contributed by atoms with E-state index in [1.165, 1.54) is 24.3 Å². The highest BCUT2D eigenvalue weighted by molar-refractivity contribution is 5.86. The lowest BCUT2D eigenvalue weighted by atomic mass is 10.1. The van der Waals surface area contributed by atoms with E-state index in [2.05, 4.69) is 20.5 Å². The number of rotatable bonds is 6. The number of benzene rings is 2. The second-order valence-electron chi connectivity index (χ2n) is 8.99. The Bertz CT molecular complexity index is 2080. The van der Waals surface area contributed by atoms with Crippen LogP contribution in [0.2, 0.25) is 0 Å². The average Bonchev–Trinajstić information content (AvgIpc) is 3.62. The number of ether oxygens (including phenoxy) is 2. The van der Waals surface area contributed by atoms with Crippen molar-refractivity contribution in [2.75, 3.05) is 5.32 Å². The lowest BCUT2D eigenvalue weighted by molar-refractivity contribution is 0.214. The Hall–Kier alpha value is -6.05. The molecule has 0 unspecified atom stereocenters. The number of aromatic amines is 1. The first-order chi connectivity index (χ1) is 20.2. The molecule has 42 heavy (non-hydrogen) atoms. The summed E-state index contributed by atoms with van der Waals surface area (Å²) in [5, 5.41) is 10.7. The van der Waals surface area contributed by atoms with Crippen LogP contribution in [-0.2, 0) is 7.05 Å². The second-order valence-corrected chi connectivity index (χ2v) is 8.99. The molecule has 0 spiro atoms. The molecule has 2 aromatic carbocycles. The number of hydrogen-bond acceptors (Lipinski definition) is 7. The molecule has 0 aliphatic carbocycles. The van der Waals surface area contributed by atoms with Crippen molar-refractivity contribution in [3.8, 4) is 34.1 Å². The fourth-order valence-electron chi connectivity index (χ4n) is 4.18. The van der Waals surface area contributed by atoms with Crippen molar-refractivity contribution in [2.45, 2.75) is 0 Å². The van der Waals surface area contributed by atoms with Crippen LogP contribution in [0.3, 0.4) is 0 Å². The van der Waals surface area contributed by atoms with Crippen molar-refractivity contribution in [1.82, 2.24) is 28.9 Å². The first-order valence-electron chi connectivity index (χ1n) is 12.3. The van der Waals surface area contributed by atoms with Crippen LogP contribution in [0.5, 0.6) is 17.2 Å². The third kappa shape index (κ3) is 5.11. The highest BCUT2D eigenvalue weighted by atomic mass is 19.1. The monoisotopic (exact) mass is 571 g/mol. The number of H-pyrrole nitrogens is 1. The molecule has 210 valence electrons. The van der Waals surface area contributed by atoms with Crippen LogP contribution in [0, 0.1) is 11.6 Å². The number of fused-ring (bicyclic) bond motifs is 1. The summed E-state index contributed by atoms with van der Waals surface area (Å²) in [5.74, 6) is -1.66. The summed E-state index contributed by atoms with van der Waals surface area (Å²) in [5.41, 5.74) is 0.435. The van der Waals surface area contributed by atoms with E-state index in [0.717, 1.165) is 35.5 Å². The minimum Gasteiger partial charge on any atom is -0.452 e. The maximum Gasteiger partial charge on any atom is 0.417 e. The maximum atomic E-state index is 15.1. The molecule has 0 saturated heterocycles. The molecular formula is C28H19F2N7O5. The second kappa shape index (κ2) is 10.5. The summed E-state index contributed by atoms with van der Waals surface area (Å²) in [6.07, 6.45) is 6.67. The third-order valence-electron chi connectivity index (χ3n) is 6.14. The van der Waals surface area contributed by atoms with Crippen LogP contribution in [-0.4, -0.2) is 35.0 Å². The number of halogens is 2. The van der Waals surface area contributed by atoms with E-state index in [0.29, 0.717) is 15.8 Å². The molecule has 4 heterocycles. The van der Waals surface area contributed by atoms with E-state index >= 15 is 4.39 Å². The number of carbonyl (C=O) groups is 1. The normalized spacial score (nSPS) is 11.0. The Morgan fingerprint density at radius 1 is 0.929 bits per heavy atom. The minimum atomic E-state index is -1.12. The van der Waals surface area contributed by atoms with Crippen LogP contribution in [0.25, 0.3) is 22.3 Å². The lowest BCUT2D eigenvalue weighted by Gasteiger charge is -2.12. The summed E-state index contributed by atoms with van der Waals surface area (Å²) in [7, 11) is 1.79. The number of amides is 1. The van der Waals surface area contributed by atoms with Gasteiger partial charge in [0.25, 0.3) is 0 Å². The van der Waals surface area contributed by atoms with E-state index in [1.807, 2.05) is 6.20 Å². The van der Waals surface area contributed by atoms with Gasteiger partial charge in [-0.1, -0.05) is 0 Å². The zero-order valence-corrected chi connectivity index (χ0v) is 21.6. The molecule has 12 nitrogen and oxygen atoms in total. The van der Waals surface area contributed by atoms with Gasteiger partial charge in [0.15, 0.2) is 17.3 Å². The molecule has 1 amide bonds. The molecule has 6 aromatic rings. The number of aryl methyl sites for hydroxylation is 1. The smallest absolute Gasteiger partial charge is 0.417 e. The Labute approximate surface area is 234 Å². The quantitative estimate of drug-likeness (QED) is 0.305. The molecular weight excluding hydrogens is 552 g/mol. The summed E-state index contributed by atoms with van der Waals surface area (Å²) < 4.78 is 43.2. The minimum absolute atomic E-state index is 0.00625. The van der Waals surface area contributed by atoms with Gasteiger partial charge in [0, 0.05) is 42.3 Å². The average molecular weight is 572 g/mol. The zero-order chi connectivity index (χ0) is 29.4. The largest absolute Gasteiger partial charge is 0.452 e. The van der Waals surface area contributed by atoms with Gasteiger partial charge in [-0.15, -0.1) is 0 Å². The molecule has 0 bridgehead atoms. The van der Waals surface area contributed by atoms with Crippen LogP contribution < -0.4 is 26.0 Å². The van der Waals surface area contributed by atoms with E-state index in [1.54, 1.807) is 47.0 Å². The van der Waals surface area contributed by atoms with Gasteiger partial charge < -0.3 is 14.5 Å². The first kappa shape index (κ1) is 26.2. The molecule has 0 radical (unpaired) electrons. The van der Waals surface area contributed by atoms with Gasteiger partial charge in [0.05, 0.1) is 24.3 Å². The number of anilines is 1. The van der Waals surface area contributed by atoms with E-state index < -0.39 is 34.7 Å². The summed E-state index contributed by atoms with van der Waals surface area (Å²) in [6, 6.07) is 11.7. The molecule has 0 aliphatic rings. The Kier molecular flexibility index (Phi) is 6.54. The van der Waals surface area contributed by atoms with Gasteiger partial charge >= 0.3 is 17.3 Å². The Balaban J connectivity index is 1.20. The highest BCUT2D eigenvalue weighted by Gasteiger charge is 2.16. The lowest BCUT2D eigenvalue weighted by Crippen LogP contribution is -2.35. The summed E-state index contributed by atoms with van der Waals surface area (Å²) in [4.78, 5) is 39.8. The predicted octanol–water partition coefficient (Wildman–Crippen LogP) is 4.26. The van der Waals surface area contributed by atoms with Crippen molar-refractivity contribution in [2.24, 2.45) is 7.05 Å². The Morgan fingerprint density at radius 3 is 2.48 bits per heavy atom. The van der Waals surface area contributed by atoms with Crippen molar-refractivity contribution in [3.63, 3.8) is 0 Å². The van der Waals surface area contributed by atoms with Crippen molar-refractivity contribution in [1.29, 1.82) is 0 Å². The molecule has 4 aromatic heterocycles. The van der Waals surface area contributed by atoms with Crippen LogP contribution in [0.1, 0.15) is 0 Å². The van der Waals surface area contributed by atoms with Gasteiger partial charge in [0.2, 0.25) is 5.75 Å². The summed E-state index contributed by atoms with van der Waals surface area (Å²) in [6.45, 7) is 0. The van der Waals surface area contributed by atoms with Crippen molar-refractivity contribution in [3.05, 3.63) is 118 Å². The molecule has 6 rings (SSSR count). The van der Waals surface area contributed by atoms with Crippen LogP contribution in [0.15, 0.2) is 95.2 Å². The van der Waals surface area contributed by atoms with Gasteiger partial charge in [-0.2, -0.15) is 10.2 Å². The number of aromatic nitrogens is 6. The predicted molar refractivity (Wildman–Crippen MR) is 146 cm³/mol. The fraction of sp³-hybridized carbons (Fsp3) is 0.0357. The number of pyridine rings is 1. The van der Waals surface area contributed by atoms with Crippen LogP contribution in [0.4, 0.5) is 19.3 Å². The molecule has 14 heteroatoms. The molecule has 0 aliphatic heterocycles. The van der Waals surface area contributed by atoms with Crippen LogP contribution >= 0.6 is 0 Å². The van der Waals surface area contributed by atoms with Crippen molar-refractivity contribution < 1.29 is 23.0 Å². The molecule has 0 atom stereocenters. The summed E-state index contributed by atoms with van der Waals surface area (Å²) >= 11 is 0. The molecule has 0 saturated carbocycles.